The topological polar surface area (TPSA) is 111 Å². The molecule has 0 saturated heterocycles. The molecule has 2 aromatic heterocycles. The lowest BCUT2D eigenvalue weighted by atomic mass is 10.3. The Hall–Kier alpha value is -2.68. The van der Waals surface area contributed by atoms with E-state index in [9.17, 15) is 13.5 Å². The number of anilines is 1. The number of hydrogen-bond donors (Lipinski definition) is 2. The molecule has 3 N–H and O–H groups in total. The molecule has 2 aromatic carbocycles. The van der Waals surface area contributed by atoms with Crippen LogP contribution in [0.4, 0.5) is 5.82 Å². The van der Waals surface area contributed by atoms with Crippen LogP contribution >= 0.6 is 11.6 Å². The SMILES string of the molecule is Nc1c(S(=O)(=O)c2cccc(Cl)c2)c2nc3ccccc3nc2n1CCO. The van der Waals surface area contributed by atoms with Gasteiger partial charge in [0.25, 0.3) is 0 Å². The van der Waals surface area contributed by atoms with Gasteiger partial charge < -0.3 is 15.4 Å². The summed E-state index contributed by atoms with van der Waals surface area (Å²) in [6.07, 6.45) is 0. The van der Waals surface area contributed by atoms with E-state index in [-0.39, 0.29) is 34.3 Å². The van der Waals surface area contributed by atoms with Crippen molar-refractivity contribution in [2.45, 2.75) is 16.3 Å². The van der Waals surface area contributed by atoms with Gasteiger partial charge in [0.05, 0.1) is 22.5 Å². The van der Waals surface area contributed by atoms with Crippen LogP contribution in [0.15, 0.2) is 58.3 Å². The van der Waals surface area contributed by atoms with Gasteiger partial charge >= 0.3 is 0 Å². The Kier molecular flexibility index (Phi) is 4.26. The molecule has 7 nitrogen and oxygen atoms in total. The summed E-state index contributed by atoms with van der Waals surface area (Å²) in [7, 11) is -4.00. The second kappa shape index (κ2) is 6.49. The number of fused-ring (bicyclic) bond motifs is 2. The molecule has 2 heterocycles. The van der Waals surface area contributed by atoms with Gasteiger partial charge in [0, 0.05) is 11.6 Å². The monoisotopic (exact) mass is 402 g/mol. The molecule has 27 heavy (non-hydrogen) atoms. The van der Waals surface area contributed by atoms with Gasteiger partial charge in [-0.1, -0.05) is 29.8 Å². The number of sulfone groups is 1. The van der Waals surface area contributed by atoms with Crippen molar-refractivity contribution in [1.29, 1.82) is 0 Å². The van der Waals surface area contributed by atoms with Crippen LogP contribution in [0, 0.1) is 0 Å². The van der Waals surface area contributed by atoms with Gasteiger partial charge in [-0.15, -0.1) is 0 Å². The predicted molar refractivity (Wildman–Crippen MR) is 103 cm³/mol. The molecule has 0 aliphatic carbocycles. The molecule has 0 fully saturated rings. The summed E-state index contributed by atoms with van der Waals surface area (Å²) < 4.78 is 28.0. The summed E-state index contributed by atoms with van der Waals surface area (Å²) in [4.78, 5) is 8.90. The van der Waals surface area contributed by atoms with E-state index in [1.807, 2.05) is 6.07 Å². The zero-order chi connectivity index (χ0) is 19.2. The first-order valence-corrected chi connectivity index (χ1v) is 9.95. The molecule has 0 atom stereocenters. The molecular weight excluding hydrogens is 388 g/mol. The molecule has 0 amide bonds. The number of nitrogens with zero attached hydrogens (tertiary/aromatic N) is 3. The van der Waals surface area contributed by atoms with E-state index < -0.39 is 9.84 Å². The zero-order valence-corrected chi connectivity index (χ0v) is 15.6. The van der Waals surface area contributed by atoms with Gasteiger partial charge in [-0.2, -0.15) is 0 Å². The Morgan fingerprint density at radius 1 is 1.07 bits per heavy atom. The molecule has 138 valence electrons. The van der Waals surface area contributed by atoms with Gasteiger partial charge in [0.2, 0.25) is 9.84 Å². The van der Waals surface area contributed by atoms with E-state index in [1.165, 1.54) is 16.7 Å². The fraction of sp³-hybridized carbons (Fsp3) is 0.111. The maximum absolute atomic E-state index is 13.3. The standard InChI is InChI=1S/C18H15ClN4O3S/c19-11-4-3-5-12(10-11)27(25,26)16-15-18(23(8-9-24)17(16)20)22-14-7-2-1-6-13(14)21-15/h1-7,10,24H,8-9,20H2. The van der Waals surface area contributed by atoms with Crippen LogP contribution in [-0.2, 0) is 16.4 Å². The van der Waals surface area contributed by atoms with Crippen LogP contribution in [0.2, 0.25) is 5.02 Å². The fourth-order valence-corrected chi connectivity index (χ4v) is 4.84. The van der Waals surface area contributed by atoms with Gasteiger partial charge in [0.1, 0.15) is 16.2 Å². The Labute approximate surface area is 160 Å². The average molecular weight is 403 g/mol. The number of rotatable bonds is 4. The van der Waals surface area contributed by atoms with Crippen LogP contribution in [0.5, 0.6) is 0 Å². The number of nitrogens with two attached hydrogens (primary N) is 1. The van der Waals surface area contributed by atoms with E-state index in [0.29, 0.717) is 21.7 Å². The van der Waals surface area contributed by atoms with Crippen molar-refractivity contribution in [1.82, 2.24) is 14.5 Å². The molecule has 0 aliphatic rings. The maximum atomic E-state index is 13.3. The van der Waals surface area contributed by atoms with E-state index in [1.54, 1.807) is 30.3 Å². The second-order valence-electron chi connectivity index (χ2n) is 5.93. The molecule has 0 aliphatic heterocycles. The van der Waals surface area contributed by atoms with Crippen molar-refractivity contribution in [3.05, 3.63) is 53.6 Å². The summed E-state index contributed by atoms with van der Waals surface area (Å²) in [6.45, 7) is -0.125. The van der Waals surface area contributed by atoms with Crippen molar-refractivity contribution in [3.8, 4) is 0 Å². The summed E-state index contributed by atoms with van der Waals surface area (Å²) >= 11 is 5.97. The first-order valence-electron chi connectivity index (χ1n) is 8.09. The van der Waals surface area contributed by atoms with Crippen molar-refractivity contribution in [2.24, 2.45) is 0 Å². The summed E-state index contributed by atoms with van der Waals surface area (Å²) in [6, 6.07) is 13.1. The largest absolute Gasteiger partial charge is 0.395 e. The lowest BCUT2D eigenvalue weighted by Gasteiger charge is -2.06. The summed E-state index contributed by atoms with van der Waals surface area (Å²) in [5.41, 5.74) is 7.81. The van der Waals surface area contributed by atoms with Crippen LogP contribution < -0.4 is 5.73 Å². The quantitative estimate of drug-likeness (QED) is 0.542. The number of aliphatic hydroxyl groups is 1. The Morgan fingerprint density at radius 2 is 1.78 bits per heavy atom. The van der Waals surface area contributed by atoms with Crippen LogP contribution in [0.3, 0.4) is 0 Å². The third-order valence-corrected chi connectivity index (χ3v) is 6.29. The number of nitrogen functional groups attached to an aromatic ring is 1. The second-order valence-corrected chi connectivity index (χ2v) is 8.26. The number of aliphatic hydroxyl groups excluding tert-OH is 1. The lowest BCUT2D eigenvalue weighted by Crippen LogP contribution is -2.09. The minimum absolute atomic E-state index is 0.0136. The third-order valence-electron chi connectivity index (χ3n) is 4.25. The summed E-state index contributed by atoms with van der Waals surface area (Å²) in [5.74, 6) is -0.0191. The minimum atomic E-state index is -4.00. The molecule has 0 radical (unpaired) electrons. The zero-order valence-electron chi connectivity index (χ0n) is 14.0. The molecule has 0 spiro atoms. The van der Waals surface area contributed by atoms with Gasteiger partial charge in [0.15, 0.2) is 5.65 Å². The van der Waals surface area contributed by atoms with Gasteiger partial charge in [-0.25, -0.2) is 18.4 Å². The van der Waals surface area contributed by atoms with Crippen LogP contribution in [0.1, 0.15) is 0 Å². The maximum Gasteiger partial charge on any atom is 0.212 e. The first kappa shape index (κ1) is 17.7. The highest BCUT2D eigenvalue weighted by Gasteiger charge is 2.30. The predicted octanol–water partition coefficient (Wildman–Crippen LogP) is 2.65. The molecule has 0 unspecified atom stereocenters. The normalized spacial score (nSPS) is 12.1. The molecule has 0 saturated carbocycles. The van der Waals surface area contributed by atoms with Crippen molar-refractivity contribution in [2.75, 3.05) is 12.3 Å². The molecule has 4 aromatic rings. The number of para-hydroxylation sites is 2. The van der Waals surface area contributed by atoms with Crippen LogP contribution in [0.25, 0.3) is 22.2 Å². The Balaban J connectivity index is 2.10. The molecule has 9 heteroatoms. The molecule has 0 bridgehead atoms. The van der Waals surface area contributed by atoms with E-state index >= 15 is 0 Å². The van der Waals surface area contributed by atoms with E-state index in [0.717, 1.165) is 0 Å². The number of benzene rings is 2. The fourth-order valence-electron chi connectivity index (χ4n) is 3.03. The smallest absolute Gasteiger partial charge is 0.212 e. The van der Waals surface area contributed by atoms with Gasteiger partial charge in [-0.3, -0.25) is 0 Å². The third kappa shape index (κ3) is 2.82. The lowest BCUT2D eigenvalue weighted by molar-refractivity contribution is 0.278. The molecular formula is C18H15ClN4O3S. The highest BCUT2D eigenvalue weighted by molar-refractivity contribution is 7.92. The highest BCUT2D eigenvalue weighted by atomic mass is 35.5. The van der Waals surface area contributed by atoms with E-state index in [2.05, 4.69) is 9.97 Å². The summed E-state index contributed by atoms with van der Waals surface area (Å²) in [5, 5.41) is 9.69. The van der Waals surface area contributed by atoms with Crippen molar-refractivity contribution >= 4 is 49.5 Å². The molecule has 4 rings (SSSR count). The van der Waals surface area contributed by atoms with Gasteiger partial charge in [-0.05, 0) is 30.3 Å². The average Bonchev–Trinajstić information content (AvgIpc) is 2.92. The number of aromatic nitrogens is 3. The van der Waals surface area contributed by atoms with Crippen molar-refractivity contribution < 1.29 is 13.5 Å². The van der Waals surface area contributed by atoms with E-state index in [4.69, 9.17) is 17.3 Å². The Morgan fingerprint density at radius 3 is 2.44 bits per heavy atom. The minimum Gasteiger partial charge on any atom is -0.395 e. The first-order chi connectivity index (χ1) is 12.9. The number of halogens is 1. The van der Waals surface area contributed by atoms with Crippen LogP contribution in [-0.4, -0.2) is 34.7 Å². The highest BCUT2D eigenvalue weighted by Crippen LogP contribution is 2.35. The Bertz CT molecular complexity index is 1280. The van der Waals surface area contributed by atoms with Crippen molar-refractivity contribution in [3.63, 3.8) is 0 Å². The number of hydrogen-bond acceptors (Lipinski definition) is 6.